The van der Waals surface area contributed by atoms with E-state index in [1.54, 1.807) is 0 Å². The highest BCUT2D eigenvalue weighted by atomic mass is 79.9. The molecule has 0 aliphatic carbocycles. The second kappa shape index (κ2) is 6.74. The van der Waals surface area contributed by atoms with Gasteiger partial charge in [0, 0.05) is 17.4 Å². The molecule has 0 fully saturated rings. The Morgan fingerprint density at radius 1 is 1.45 bits per heavy atom. The molecule has 1 heterocycles. The summed E-state index contributed by atoms with van der Waals surface area (Å²) in [6, 6.07) is 8.01. The van der Waals surface area contributed by atoms with Crippen LogP contribution in [0.15, 0.2) is 28.7 Å². The zero-order chi connectivity index (χ0) is 14.7. The molecule has 0 spiro atoms. The minimum Gasteiger partial charge on any atom is -0.396 e. The van der Waals surface area contributed by atoms with Gasteiger partial charge < -0.3 is 5.11 Å². The van der Waals surface area contributed by atoms with Crippen molar-refractivity contribution < 1.29 is 5.11 Å². The average Bonchev–Trinajstić information content (AvgIpc) is 2.71. The molecule has 1 unspecified atom stereocenters. The van der Waals surface area contributed by atoms with Gasteiger partial charge in [0.25, 0.3) is 0 Å². The molecule has 0 saturated heterocycles. The highest BCUT2D eigenvalue weighted by Crippen LogP contribution is 2.28. The molecule has 2 aromatic rings. The smallest absolute Gasteiger partial charge is 0.0849 e. The number of aryl methyl sites for hydroxylation is 2. The van der Waals surface area contributed by atoms with Gasteiger partial charge in [-0.1, -0.05) is 46.6 Å². The predicted octanol–water partition coefficient (Wildman–Crippen LogP) is 3.72. The molecule has 0 bridgehead atoms. The van der Waals surface area contributed by atoms with Gasteiger partial charge in [-0.2, -0.15) is 5.10 Å². The van der Waals surface area contributed by atoms with E-state index in [0.717, 1.165) is 32.9 Å². The SMILES string of the molecule is CCc1nn(C)c(CC(CO)c2cccc(Br)c2)c1Cl. The average molecular weight is 358 g/mol. The Labute approximate surface area is 132 Å². The number of hydrogen-bond donors (Lipinski definition) is 1. The number of halogens is 2. The highest BCUT2D eigenvalue weighted by molar-refractivity contribution is 9.10. The molecule has 0 amide bonds. The molecule has 0 aliphatic heterocycles. The van der Waals surface area contributed by atoms with Crippen LogP contribution in [0.4, 0.5) is 0 Å². The molecule has 5 heteroatoms. The molecule has 0 aliphatic rings. The first-order valence-corrected chi connectivity index (χ1v) is 7.80. The molecule has 1 aromatic carbocycles. The Hall–Kier alpha value is -0.840. The van der Waals surface area contributed by atoms with Crippen LogP contribution < -0.4 is 0 Å². The van der Waals surface area contributed by atoms with Crippen molar-refractivity contribution >= 4 is 27.5 Å². The number of rotatable bonds is 5. The molecule has 1 atom stereocenters. The van der Waals surface area contributed by atoms with Crippen LogP contribution >= 0.6 is 27.5 Å². The quantitative estimate of drug-likeness (QED) is 0.885. The minimum absolute atomic E-state index is 0.0186. The van der Waals surface area contributed by atoms with Gasteiger partial charge in [0.05, 0.1) is 23.0 Å². The predicted molar refractivity (Wildman–Crippen MR) is 85.3 cm³/mol. The summed E-state index contributed by atoms with van der Waals surface area (Å²) in [6.45, 7) is 2.12. The Morgan fingerprint density at radius 3 is 2.75 bits per heavy atom. The number of aliphatic hydroxyl groups excluding tert-OH is 1. The lowest BCUT2D eigenvalue weighted by atomic mass is 9.95. The van der Waals surface area contributed by atoms with E-state index in [0.29, 0.717) is 6.42 Å². The molecule has 1 N–H and O–H groups in total. The van der Waals surface area contributed by atoms with Crippen LogP contribution in [0.1, 0.15) is 29.8 Å². The third kappa shape index (κ3) is 3.25. The van der Waals surface area contributed by atoms with E-state index in [-0.39, 0.29) is 12.5 Å². The first-order chi connectivity index (χ1) is 9.56. The summed E-state index contributed by atoms with van der Waals surface area (Å²) >= 11 is 9.84. The van der Waals surface area contributed by atoms with Crippen LogP contribution in [-0.4, -0.2) is 21.5 Å². The van der Waals surface area contributed by atoms with E-state index in [1.807, 2.05) is 42.9 Å². The summed E-state index contributed by atoms with van der Waals surface area (Å²) in [6.07, 6.45) is 1.49. The van der Waals surface area contributed by atoms with Gasteiger partial charge in [-0.05, 0) is 30.5 Å². The summed E-state index contributed by atoms with van der Waals surface area (Å²) in [5, 5.41) is 14.8. The van der Waals surface area contributed by atoms with Crippen LogP contribution in [0.25, 0.3) is 0 Å². The van der Waals surface area contributed by atoms with Crippen LogP contribution in [-0.2, 0) is 19.9 Å². The Morgan fingerprint density at radius 2 is 2.20 bits per heavy atom. The zero-order valence-electron chi connectivity index (χ0n) is 11.6. The lowest BCUT2D eigenvalue weighted by Crippen LogP contribution is -2.11. The van der Waals surface area contributed by atoms with Crippen molar-refractivity contribution in [3.63, 3.8) is 0 Å². The number of aliphatic hydroxyl groups is 1. The van der Waals surface area contributed by atoms with E-state index in [1.165, 1.54) is 0 Å². The fourth-order valence-corrected chi connectivity index (χ4v) is 3.11. The van der Waals surface area contributed by atoms with Gasteiger partial charge in [0.15, 0.2) is 0 Å². The Kier molecular flexibility index (Phi) is 5.24. The lowest BCUT2D eigenvalue weighted by Gasteiger charge is -2.15. The van der Waals surface area contributed by atoms with Crippen molar-refractivity contribution in [1.29, 1.82) is 0 Å². The van der Waals surface area contributed by atoms with Crippen molar-refractivity contribution in [2.24, 2.45) is 7.05 Å². The summed E-state index contributed by atoms with van der Waals surface area (Å²) in [5.74, 6) is 0.0186. The molecule has 20 heavy (non-hydrogen) atoms. The molecule has 3 nitrogen and oxygen atoms in total. The van der Waals surface area contributed by atoms with E-state index in [2.05, 4.69) is 21.0 Å². The first kappa shape index (κ1) is 15.5. The van der Waals surface area contributed by atoms with E-state index < -0.39 is 0 Å². The van der Waals surface area contributed by atoms with Crippen LogP contribution in [0.2, 0.25) is 5.02 Å². The molecule has 2 rings (SSSR count). The van der Waals surface area contributed by atoms with Gasteiger partial charge in [0.2, 0.25) is 0 Å². The fraction of sp³-hybridized carbons (Fsp3) is 0.400. The van der Waals surface area contributed by atoms with Crippen LogP contribution in [0.5, 0.6) is 0 Å². The number of benzene rings is 1. The number of aromatic nitrogens is 2. The summed E-state index contributed by atoms with van der Waals surface area (Å²) in [7, 11) is 1.90. The van der Waals surface area contributed by atoms with Crippen molar-refractivity contribution in [2.75, 3.05) is 6.61 Å². The van der Waals surface area contributed by atoms with Gasteiger partial charge in [0.1, 0.15) is 0 Å². The molecular formula is C15H18BrClN2O. The molecular weight excluding hydrogens is 340 g/mol. The van der Waals surface area contributed by atoms with Gasteiger partial charge in [-0.25, -0.2) is 0 Å². The molecule has 1 aromatic heterocycles. The third-order valence-electron chi connectivity index (χ3n) is 3.48. The maximum atomic E-state index is 9.69. The maximum Gasteiger partial charge on any atom is 0.0849 e. The second-order valence-electron chi connectivity index (χ2n) is 4.82. The molecule has 0 radical (unpaired) electrons. The maximum absolute atomic E-state index is 9.69. The molecule has 0 saturated carbocycles. The molecule has 108 valence electrons. The van der Waals surface area contributed by atoms with Crippen molar-refractivity contribution in [1.82, 2.24) is 9.78 Å². The number of nitrogens with zero attached hydrogens (tertiary/aromatic N) is 2. The second-order valence-corrected chi connectivity index (χ2v) is 6.12. The minimum atomic E-state index is 0.0186. The van der Waals surface area contributed by atoms with E-state index in [9.17, 15) is 5.11 Å². The standard InChI is InChI=1S/C15H18BrClN2O/c1-3-13-15(17)14(19(2)18-13)8-11(9-20)10-5-4-6-12(16)7-10/h4-7,11,20H,3,8-9H2,1-2H3. The highest BCUT2D eigenvalue weighted by Gasteiger charge is 2.19. The first-order valence-electron chi connectivity index (χ1n) is 6.63. The summed E-state index contributed by atoms with van der Waals surface area (Å²) in [4.78, 5) is 0. The normalized spacial score (nSPS) is 12.7. The largest absolute Gasteiger partial charge is 0.396 e. The van der Waals surface area contributed by atoms with Crippen molar-refractivity contribution in [3.8, 4) is 0 Å². The Bertz CT molecular complexity index is 598. The van der Waals surface area contributed by atoms with E-state index >= 15 is 0 Å². The monoisotopic (exact) mass is 356 g/mol. The van der Waals surface area contributed by atoms with Crippen LogP contribution in [0, 0.1) is 0 Å². The fourth-order valence-electron chi connectivity index (χ4n) is 2.32. The van der Waals surface area contributed by atoms with Gasteiger partial charge in [-0.3, -0.25) is 4.68 Å². The topological polar surface area (TPSA) is 38.0 Å². The van der Waals surface area contributed by atoms with Crippen LogP contribution in [0.3, 0.4) is 0 Å². The zero-order valence-corrected chi connectivity index (χ0v) is 13.9. The van der Waals surface area contributed by atoms with Gasteiger partial charge in [-0.15, -0.1) is 0 Å². The lowest BCUT2D eigenvalue weighted by molar-refractivity contribution is 0.263. The Balaban J connectivity index is 2.29. The third-order valence-corrected chi connectivity index (χ3v) is 4.41. The van der Waals surface area contributed by atoms with Gasteiger partial charge >= 0.3 is 0 Å². The number of hydrogen-bond acceptors (Lipinski definition) is 2. The summed E-state index contributed by atoms with van der Waals surface area (Å²) in [5.41, 5.74) is 2.98. The van der Waals surface area contributed by atoms with Crippen molar-refractivity contribution in [2.45, 2.75) is 25.7 Å². The van der Waals surface area contributed by atoms with E-state index in [4.69, 9.17) is 11.6 Å². The van der Waals surface area contributed by atoms with Crippen molar-refractivity contribution in [3.05, 3.63) is 50.7 Å². The summed E-state index contributed by atoms with van der Waals surface area (Å²) < 4.78 is 2.83.